The summed E-state index contributed by atoms with van der Waals surface area (Å²) >= 11 is 0. The van der Waals surface area contributed by atoms with E-state index in [0.717, 1.165) is 13.8 Å². The monoisotopic (exact) mass is 247 g/mol. The average Bonchev–Trinajstić information content (AvgIpc) is 1.35. The summed E-state index contributed by atoms with van der Waals surface area (Å²) in [5.74, 6) is 0. The molecule has 0 radical (unpaired) electrons. The van der Waals surface area contributed by atoms with E-state index < -0.39 is 7.60 Å². The van der Waals surface area contributed by atoms with Crippen molar-refractivity contribution < 1.29 is 14.0 Å². The molecular weight excluding hydrogens is 240 g/mol. The van der Waals surface area contributed by atoms with Crippen molar-refractivity contribution in [2.75, 3.05) is 13.8 Å². The zero-order chi connectivity index (χ0) is 5.21. The zero-order valence-electron chi connectivity index (χ0n) is 4.38. The molecule has 0 heterocycles. The maximum Gasteiger partial charge on any atom is 2.00 e. The Morgan fingerprint density at radius 2 is 1.86 bits per heavy atom. The van der Waals surface area contributed by atoms with Crippen LogP contribution >= 0.6 is 7.60 Å². The van der Waals surface area contributed by atoms with Gasteiger partial charge in [-0.05, 0) is 0 Å². The van der Waals surface area contributed by atoms with Crippen molar-refractivity contribution in [2.24, 2.45) is 0 Å². The van der Waals surface area contributed by atoms with Crippen LogP contribution in [0.25, 0.3) is 0 Å². The molecule has 5 heteroatoms. The van der Waals surface area contributed by atoms with Crippen LogP contribution in [0, 0.1) is 0 Å². The normalized spacial score (nSPS) is 17.0. The van der Waals surface area contributed by atoms with Crippen LogP contribution in [0.2, 0.25) is 0 Å². The van der Waals surface area contributed by atoms with Crippen molar-refractivity contribution >= 4 is 56.5 Å². The largest absolute Gasteiger partial charge is 2.00 e. The Kier molecular flexibility index (Phi) is 7.54. The Morgan fingerprint density at radius 1 is 1.71 bits per heavy atom. The van der Waals surface area contributed by atoms with E-state index in [2.05, 4.69) is 4.52 Å². The van der Waals surface area contributed by atoms with E-state index in [1.807, 2.05) is 0 Å². The Hall–Kier alpha value is 1.72. The third kappa shape index (κ3) is 11.3. The molecule has 0 aliphatic rings. The second-order valence-electron chi connectivity index (χ2n) is 0.954. The second-order valence-corrected chi connectivity index (χ2v) is 2.86. The van der Waals surface area contributed by atoms with Gasteiger partial charge in [-0.25, -0.2) is 0 Å². The summed E-state index contributed by atoms with van der Waals surface area (Å²) in [4.78, 5) is 9.81. The number of rotatable bonds is 1. The van der Waals surface area contributed by atoms with Gasteiger partial charge in [0.25, 0.3) is 0 Å². The molecule has 0 aromatic carbocycles. The molecule has 0 saturated heterocycles. The maximum atomic E-state index is 9.81. The molecule has 1 unspecified atom stereocenters. The minimum Gasteiger partial charge on any atom is -0.779 e. The molecule has 0 N–H and O–H groups in total. The van der Waals surface area contributed by atoms with Gasteiger partial charge in [0.05, 0.1) is 0 Å². The predicted octanol–water partition coefficient (Wildman–Crippen LogP) is -0.565. The van der Waals surface area contributed by atoms with Crippen molar-refractivity contribution in [1.82, 2.24) is 0 Å². The first-order chi connectivity index (χ1) is 2.56. The molecule has 38 valence electrons. The fraction of sp³-hybridized carbons (Fsp3) is 1.00. The summed E-state index contributed by atoms with van der Waals surface area (Å²) in [6.45, 7) is 1.02. The first-order valence-electron chi connectivity index (χ1n) is 1.40. The van der Waals surface area contributed by atoms with Crippen molar-refractivity contribution in [3.63, 3.8) is 0 Å². The van der Waals surface area contributed by atoms with Crippen molar-refractivity contribution in [3.8, 4) is 0 Å². The smallest absolute Gasteiger partial charge is 0.779 e. The van der Waals surface area contributed by atoms with Crippen LogP contribution in [0.4, 0.5) is 0 Å². The molecule has 0 aliphatic heterocycles. The molecular formula is C2H6BaO3P+. The summed E-state index contributed by atoms with van der Waals surface area (Å²) in [6.07, 6.45) is 0. The van der Waals surface area contributed by atoms with Gasteiger partial charge in [0.15, 0.2) is 0 Å². The molecule has 0 rings (SSSR count). The van der Waals surface area contributed by atoms with Crippen LogP contribution in [-0.2, 0) is 9.09 Å². The van der Waals surface area contributed by atoms with Gasteiger partial charge < -0.3 is 14.0 Å². The summed E-state index contributed by atoms with van der Waals surface area (Å²) in [6, 6.07) is 0. The third-order valence-electron chi connectivity index (χ3n) is 0.332. The van der Waals surface area contributed by atoms with E-state index in [1.165, 1.54) is 0 Å². The molecule has 1 atom stereocenters. The maximum absolute atomic E-state index is 9.81. The van der Waals surface area contributed by atoms with Crippen molar-refractivity contribution in [2.45, 2.75) is 0 Å². The van der Waals surface area contributed by atoms with Crippen molar-refractivity contribution in [1.29, 1.82) is 0 Å². The summed E-state index contributed by atoms with van der Waals surface area (Å²) in [5, 5.41) is 0. The van der Waals surface area contributed by atoms with Gasteiger partial charge >= 0.3 is 48.9 Å². The predicted molar refractivity (Wildman–Crippen MR) is 26.3 cm³/mol. The van der Waals surface area contributed by atoms with E-state index in [-0.39, 0.29) is 48.9 Å². The number of hydrogen-bond donors (Lipinski definition) is 0. The summed E-state index contributed by atoms with van der Waals surface area (Å²) in [5.41, 5.74) is 0. The van der Waals surface area contributed by atoms with Gasteiger partial charge in [0.2, 0.25) is 0 Å². The van der Waals surface area contributed by atoms with Gasteiger partial charge in [0, 0.05) is 13.8 Å². The fourth-order valence-corrected chi connectivity index (χ4v) is 0. The van der Waals surface area contributed by atoms with Crippen LogP contribution in [0.5, 0.6) is 0 Å². The average molecular weight is 246 g/mol. The van der Waals surface area contributed by atoms with E-state index in [4.69, 9.17) is 0 Å². The van der Waals surface area contributed by atoms with Crippen LogP contribution in [0.15, 0.2) is 0 Å². The third-order valence-corrected chi connectivity index (χ3v) is 0.995. The molecule has 0 bridgehead atoms. The molecule has 0 aromatic rings. The van der Waals surface area contributed by atoms with Crippen LogP contribution < -0.4 is 4.89 Å². The SMILES string of the molecule is COP(C)(=O)[O-].[Ba+2]. The second kappa shape index (κ2) is 4.59. The van der Waals surface area contributed by atoms with E-state index >= 15 is 0 Å². The van der Waals surface area contributed by atoms with Gasteiger partial charge in [0.1, 0.15) is 7.60 Å². The Labute approximate surface area is 83.1 Å². The molecule has 7 heavy (non-hydrogen) atoms. The van der Waals surface area contributed by atoms with Gasteiger partial charge in [-0.15, -0.1) is 0 Å². The zero-order valence-corrected chi connectivity index (χ0v) is 9.71. The molecule has 0 aromatic heterocycles. The molecule has 0 fully saturated rings. The van der Waals surface area contributed by atoms with Crippen molar-refractivity contribution in [3.05, 3.63) is 0 Å². The van der Waals surface area contributed by atoms with Crippen LogP contribution in [-0.4, -0.2) is 62.7 Å². The topological polar surface area (TPSA) is 49.4 Å². The van der Waals surface area contributed by atoms with Crippen LogP contribution in [0.1, 0.15) is 0 Å². The Balaban J connectivity index is 0. The molecule has 3 nitrogen and oxygen atoms in total. The Morgan fingerprint density at radius 3 is 1.86 bits per heavy atom. The first-order valence-corrected chi connectivity index (χ1v) is 3.39. The van der Waals surface area contributed by atoms with E-state index in [0.29, 0.717) is 0 Å². The summed E-state index contributed by atoms with van der Waals surface area (Å²) < 4.78 is 13.7. The summed E-state index contributed by atoms with van der Waals surface area (Å²) in [7, 11) is -2.26. The van der Waals surface area contributed by atoms with Gasteiger partial charge in [-0.3, -0.25) is 0 Å². The molecule has 0 amide bonds. The minimum atomic E-state index is -3.40. The van der Waals surface area contributed by atoms with Gasteiger partial charge in [-0.2, -0.15) is 0 Å². The van der Waals surface area contributed by atoms with Gasteiger partial charge in [-0.1, -0.05) is 0 Å². The molecule has 0 saturated carbocycles. The fourth-order valence-electron chi connectivity index (χ4n) is 0. The molecule has 0 spiro atoms. The first kappa shape index (κ1) is 11.5. The molecule has 0 aliphatic carbocycles. The van der Waals surface area contributed by atoms with Crippen LogP contribution in [0.3, 0.4) is 0 Å². The minimum absolute atomic E-state index is 0. The van der Waals surface area contributed by atoms with E-state index in [1.54, 1.807) is 0 Å². The standard InChI is InChI=1S/C2H7O3P.Ba/c1-5-6(2,3)4;/h1-2H3,(H,3,4);/q;+2/p-1. The van der Waals surface area contributed by atoms with E-state index in [9.17, 15) is 9.46 Å². The number of hydrogen-bond acceptors (Lipinski definition) is 3. The quantitative estimate of drug-likeness (QED) is 0.460. The Bertz CT molecular complexity index is 77.0.